The topological polar surface area (TPSA) is 56.8 Å². The molecule has 0 spiro atoms. The third-order valence-electron chi connectivity index (χ3n) is 6.74. The average Bonchev–Trinajstić information content (AvgIpc) is 3.64. The molecular formula is C28H37FN4O2. The van der Waals surface area contributed by atoms with E-state index in [1.165, 1.54) is 12.1 Å². The first-order chi connectivity index (χ1) is 16.9. The van der Waals surface area contributed by atoms with Crippen LogP contribution in [0.5, 0.6) is 0 Å². The van der Waals surface area contributed by atoms with Gasteiger partial charge in [-0.15, -0.1) is 0 Å². The summed E-state index contributed by atoms with van der Waals surface area (Å²) in [5, 5.41) is 0. The molecule has 0 N–H and O–H groups in total. The summed E-state index contributed by atoms with van der Waals surface area (Å²) in [4.78, 5) is 36.9. The fraction of sp³-hybridized carbons (Fsp3) is 0.536. The number of hydrogen-bond donors (Lipinski definition) is 0. The fourth-order valence-corrected chi connectivity index (χ4v) is 4.86. The molecule has 1 fully saturated rings. The minimum absolute atomic E-state index is 0.125. The molecule has 0 saturated heterocycles. The summed E-state index contributed by atoms with van der Waals surface area (Å²) in [7, 11) is 0. The second kappa shape index (κ2) is 11.8. The molecule has 2 aromatic rings. The van der Waals surface area contributed by atoms with Gasteiger partial charge in [-0.1, -0.05) is 13.8 Å². The highest BCUT2D eigenvalue weighted by molar-refractivity contribution is 6.06. The van der Waals surface area contributed by atoms with Crippen molar-refractivity contribution >= 4 is 17.5 Å². The number of pyridine rings is 1. The van der Waals surface area contributed by atoms with Gasteiger partial charge < -0.3 is 14.7 Å². The van der Waals surface area contributed by atoms with Crippen LogP contribution in [-0.2, 0) is 11.3 Å². The predicted octanol–water partition coefficient (Wildman–Crippen LogP) is 4.75. The second-order valence-corrected chi connectivity index (χ2v) is 10.3. The van der Waals surface area contributed by atoms with Crippen molar-refractivity contribution in [2.24, 2.45) is 11.8 Å². The number of hydrogen-bond acceptors (Lipinski definition) is 4. The van der Waals surface area contributed by atoms with Gasteiger partial charge in [0, 0.05) is 50.7 Å². The number of fused-ring (bicyclic) bond motifs is 1. The highest BCUT2D eigenvalue weighted by Crippen LogP contribution is 2.33. The number of aromatic nitrogens is 1. The van der Waals surface area contributed by atoms with E-state index in [0.29, 0.717) is 54.7 Å². The molecule has 2 amide bonds. The zero-order valence-electron chi connectivity index (χ0n) is 21.0. The van der Waals surface area contributed by atoms with Gasteiger partial charge in [-0.05, 0) is 86.5 Å². The number of carbonyl (C=O) groups excluding carboxylic acids is 2. The molecule has 0 atom stereocenters. The maximum Gasteiger partial charge on any atom is 0.259 e. The van der Waals surface area contributed by atoms with Crippen molar-refractivity contribution in [1.82, 2.24) is 14.8 Å². The minimum atomic E-state index is -0.359. The number of amides is 2. The number of benzene rings is 1. The van der Waals surface area contributed by atoms with Gasteiger partial charge in [-0.25, -0.2) is 4.39 Å². The molecule has 1 saturated carbocycles. The van der Waals surface area contributed by atoms with E-state index in [1.807, 2.05) is 4.90 Å². The average molecular weight is 481 g/mol. The van der Waals surface area contributed by atoms with Crippen LogP contribution in [0.1, 0.15) is 61.9 Å². The fourth-order valence-electron chi connectivity index (χ4n) is 4.86. The molecule has 1 aliphatic heterocycles. The van der Waals surface area contributed by atoms with Crippen LogP contribution >= 0.6 is 0 Å². The van der Waals surface area contributed by atoms with Gasteiger partial charge in [0.15, 0.2) is 0 Å². The summed E-state index contributed by atoms with van der Waals surface area (Å²) in [5.74, 6) is 0.626. The number of carbonyl (C=O) groups is 2. The van der Waals surface area contributed by atoms with Crippen LogP contribution in [-0.4, -0.2) is 59.3 Å². The van der Waals surface area contributed by atoms with Gasteiger partial charge in [-0.3, -0.25) is 14.6 Å². The molecule has 2 heterocycles. The molecule has 188 valence electrons. The lowest BCUT2D eigenvalue weighted by atomic mass is 10.1. The van der Waals surface area contributed by atoms with Crippen molar-refractivity contribution in [3.8, 4) is 0 Å². The van der Waals surface area contributed by atoms with E-state index in [1.54, 1.807) is 35.5 Å². The largest absolute Gasteiger partial charge is 0.338 e. The van der Waals surface area contributed by atoms with E-state index < -0.39 is 0 Å². The maximum atomic E-state index is 14.4. The van der Waals surface area contributed by atoms with E-state index in [2.05, 4.69) is 23.7 Å². The number of rotatable bonds is 5. The summed E-state index contributed by atoms with van der Waals surface area (Å²) in [5.41, 5.74) is 1.84. The second-order valence-electron chi connectivity index (χ2n) is 10.3. The molecule has 7 heteroatoms. The van der Waals surface area contributed by atoms with E-state index in [4.69, 9.17) is 0 Å². The highest BCUT2D eigenvalue weighted by atomic mass is 19.1. The van der Waals surface area contributed by atoms with Crippen molar-refractivity contribution in [2.75, 3.05) is 37.6 Å². The van der Waals surface area contributed by atoms with Crippen molar-refractivity contribution in [3.63, 3.8) is 0 Å². The van der Waals surface area contributed by atoms with Crippen LogP contribution in [0.3, 0.4) is 0 Å². The van der Waals surface area contributed by atoms with E-state index in [0.717, 1.165) is 45.3 Å². The monoisotopic (exact) mass is 480 g/mol. The molecule has 35 heavy (non-hydrogen) atoms. The molecule has 0 radical (unpaired) electrons. The Bertz CT molecular complexity index is 1010. The lowest BCUT2D eigenvalue weighted by Crippen LogP contribution is -2.39. The SMILES string of the molecule is CC(C)CN1CCCN(C(=O)CC2CC2)Cc2cc(F)ccc2N(C(=O)c2cccnc2)CCC1. The maximum absolute atomic E-state index is 14.4. The zero-order chi connectivity index (χ0) is 24.8. The third kappa shape index (κ3) is 7.10. The Kier molecular flexibility index (Phi) is 8.50. The quantitative estimate of drug-likeness (QED) is 0.620. The smallest absolute Gasteiger partial charge is 0.259 e. The Labute approximate surface area is 208 Å². The molecule has 0 bridgehead atoms. The van der Waals surface area contributed by atoms with Gasteiger partial charge in [0.2, 0.25) is 5.91 Å². The van der Waals surface area contributed by atoms with Gasteiger partial charge in [0.25, 0.3) is 5.91 Å². The summed E-state index contributed by atoms with van der Waals surface area (Å²) in [6.07, 6.45) is 7.67. The summed E-state index contributed by atoms with van der Waals surface area (Å²) >= 11 is 0. The van der Waals surface area contributed by atoms with Crippen LogP contribution in [0.4, 0.5) is 10.1 Å². The molecule has 2 aliphatic rings. The summed E-state index contributed by atoms with van der Waals surface area (Å²) in [6, 6.07) is 8.06. The first-order valence-corrected chi connectivity index (χ1v) is 12.9. The Morgan fingerprint density at radius 1 is 1.09 bits per heavy atom. The zero-order valence-corrected chi connectivity index (χ0v) is 21.0. The Hall–Kier alpha value is -2.80. The van der Waals surface area contributed by atoms with Gasteiger partial charge in [-0.2, -0.15) is 0 Å². The Morgan fingerprint density at radius 3 is 2.54 bits per heavy atom. The molecule has 1 aromatic carbocycles. The minimum Gasteiger partial charge on any atom is -0.338 e. The normalized spacial score (nSPS) is 18.1. The van der Waals surface area contributed by atoms with Crippen LogP contribution < -0.4 is 4.90 Å². The van der Waals surface area contributed by atoms with Gasteiger partial charge in [0.05, 0.1) is 5.56 Å². The highest BCUT2D eigenvalue weighted by Gasteiger charge is 2.29. The number of halogens is 1. The van der Waals surface area contributed by atoms with Gasteiger partial charge in [0.1, 0.15) is 5.82 Å². The molecule has 1 aliphatic carbocycles. The summed E-state index contributed by atoms with van der Waals surface area (Å²) < 4.78 is 14.4. The lowest BCUT2D eigenvalue weighted by Gasteiger charge is -2.32. The molecule has 0 unspecified atom stereocenters. The standard InChI is InChI=1S/C28H37FN4O2/c1-21(2)19-31-12-4-14-32(27(34)16-22-7-8-22)20-24-17-25(29)9-10-26(24)33(15-5-13-31)28(35)23-6-3-11-30-18-23/h3,6,9-11,17-18,21-22H,4-5,7-8,12-16,19-20H2,1-2H3. The van der Waals surface area contributed by atoms with Crippen LogP contribution in [0.25, 0.3) is 0 Å². The van der Waals surface area contributed by atoms with Crippen molar-refractivity contribution < 1.29 is 14.0 Å². The van der Waals surface area contributed by atoms with E-state index in [9.17, 15) is 14.0 Å². The van der Waals surface area contributed by atoms with Gasteiger partial charge >= 0.3 is 0 Å². The van der Waals surface area contributed by atoms with Crippen LogP contribution in [0, 0.1) is 17.7 Å². The summed E-state index contributed by atoms with van der Waals surface area (Å²) in [6.45, 7) is 8.62. The van der Waals surface area contributed by atoms with Crippen LogP contribution in [0.15, 0.2) is 42.7 Å². The number of nitrogens with zero attached hydrogens (tertiary/aromatic N) is 4. The van der Waals surface area contributed by atoms with E-state index in [-0.39, 0.29) is 17.6 Å². The van der Waals surface area contributed by atoms with Crippen molar-refractivity contribution in [2.45, 2.75) is 52.5 Å². The lowest BCUT2D eigenvalue weighted by molar-refractivity contribution is -0.132. The molecule has 1 aromatic heterocycles. The first-order valence-electron chi connectivity index (χ1n) is 12.9. The van der Waals surface area contributed by atoms with E-state index >= 15 is 0 Å². The first kappa shape index (κ1) is 25.3. The van der Waals surface area contributed by atoms with Crippen molar-refractivity contribution in [1.29, 1.82) is 0 Å². The Balaban J connectivity index is 1.68. The Morgan fingerprint density at radius 2 is 1.86 bits per heavy atom. The third-order valence-corrected chi connectivity index (χ3v) is 6.74. The molecule has 6 nitrogen and oxygen atoms in total. The number of anilines is 1. The molecule has 4 rings (SSSR count). The predicted molar refractivity (Wildman–Crippen MR) is 136 cm³/mol. The molecular weight excluding hydrogens is 443 g/mol. The van der Waals surface area contributed by atoms with Crippen LogP contribution in [0.2, 0.25) is 0 Å². The van der Waals surface area contributed by atoms with Crippen molar-refractivity contribution in [3.05, 3.63) is 59.7 Å².